The molecule has 0 saturated carbocycles. The van der Waals surface area contributed by atoms with Gasteiger partial charge in [0.05, 0.1) is 25.7 Å². The smallest absolute Gasteiger partial charge is 0.237 e. The molecule has 0 aliphatic rings. The van der Waals surface area contributed by atoms with Crippen molar-refractivity contribution in [3.05, 3.63) is 0 Å². The van der Waals surface area contributed by atoms with Crippen LogP contribution in [-0.4, -0.2) is 57.8 Å². The molecule has 2 amide bonds. The molecule has 0 bridgehead atoms. The number of hydrogen-bond acceptors (Lipinski definition) is 5. The summed E-state index contributed by atoms with van der Waals surface area (Å²) in [5.74, 6) is -0.515. The third-order valence-electron chi connectivity index (χ3n) is 2.64. The van der Waals surface area contributed by atoms with Crippen LogP contribution in [0.2, 0.25) is 0 Å². The molecule has 7 nitrogen and oxygen atoms in total. The highest BCUT2D eigenvalue weighted by atomic mass is 16.5. The third kappa shape index (κ3) is 10.7. The van der Waals surface area contributed by atoms with E-state index in [1.54, 1.807) is 0 Å². The second-order valence-corrected chi connectivity index (χ2v) is 4.52. The summed E-state index contributed by atoms with van der Waals surface area (Å²) < 4.78 is 5.25. The van der Waals surface area contributed by atoms with Crippen molar-refractivity contribution in [2.24, 2.45) is 5.73 Å². The molecule has 0 heterocycles. The van der Waals surface area contributed by atoms with Crippen molar-refractivity contribution in [1.29, 1.82) is 0 Å². The average molecular weight is 288 g/mol. The lowest BCUT2D eigenvalue weighted by Crippen LogP contribution is -2.44. The molecule has 0 aromatic rings. The summed E-state index contributed by atoms with van der Waals surface area (Å²) in [6.07, 6.45) is 1.91. The molecule has 0 spiro atoms. The fraction of sp³-hybridized carbons (Fsp3) is 0.846. The van der Waals surface area contributed by atoms with Crippen LogP contribution in [0.25, 0.3) is 0 Å². The molecule has 0 aliphatic carbocycles. The number of unbranched alkanes of at least 4 members (excludes halogenated alkanes) is 1. The van der Waals surface area contributed by atoms with Gasteiger partial charge in [-0.05, 0) is 13.5 Å². The number of amides is 2. The first-order valence-corrected chi connectivity index (χ1v) is 7.14. The highest BCUT2D eigenvalue weighted by Crippen LogP contribution is 1.90. The Bertz CT molecular complexity index is 274. The quantitative estimate of drug-likeness (QED) is 0.344. The van der Waals surface area contributed by atoms with Gasteiger partial charge in [-0.2, -0.15) is 0 Å². The molecule has 0 rings (SSSR count). The maximum Gasteiger partial charge on any atom is 0.237 e. The SMILES string of the molecule is CCCCNC(=O)[C@H](N)CC(=O)NCCOCCNC. The molecular weight excluding hydrogens is 260 g/mol. The van der Waals surface area contributed by atoms with Crippen LogP contribution >= 0.6 is 0 Å². The number of nitrogens with two attached hydrogens (primary N) is 1. The molecule has 5 N–H and O–H groups in total. The van der Waals surface area contributed by atoms with E-state index >= 15 is 0 Å². The maximum absolute atomic E-state index is 11.6. The Hall–Kier alpha value is -1.18. The normalized spacial score (nSPS) is 11.9. The van der Waals surface area contributed by atoms with Gasteiger partial charge >= 0.3 is 0 Å². The van der Waals surface area contributed by atoms with E-state index in [0.717, 1.165) is 19.4 Å². The number of nitrogens with one attached hydrogen (secondary N) is 3. The van der Waals surface area contributed by atoms with E-state index in [1.807, 2.05) is 14.0 Å². The van der Waals surface area contributed by atoms with E-state index in [2.05, 4.69) is 16.0 Å². The molecule has 0 aromatic carbocycles. The Morgan fingerprint density at radius 2 is 1.85 bits per heavy atom. The van der Waals surface area contributed by atoms with Crippen LogP contribution < -0.4 is 21.7 Å². The van der Waals surface area contributed by atoms with E-state index in [0.29, 0.717) is 26.3 Å². The van der Waals surface area contributed by atoms with Gasteiger partial charge < -0.3 is 26.4 Å². The van der Waals surface area contributed by atoms with Gasteiger partial charge in [-0.3, -0.25) is 9.59 Å². The molecule has 0 unspecified atom stereocenters. The van der Waals surface area contributed by atoms with Gasteiger partial charge in [-0.25, -0.2) is 0 Å². The predicted molar refractivity (Wildman–Crippen MR) is 78.3 cm³/mol. The number of carbonyl (C=O) groups is 2. The van der Waals surface area contributed by atoms with Gasteiger partial charge in [0, 0.05) is 19.6 Å². The fourth-order valence-corrected chi connectivity index (χ4v) is 1.42. The van der Waals surface area contributed by atoms with Crippen molar-refractivity contribution in [3.63, 3.8) is 0 Å². The van der Waals surface area contributed by atoms with Crippen LogP contribution in [0.3, 0.4) is 0 Å². The summed E-state index contributed by atoms with van der Waals surface area (Å²) in [7, 11) is 1.85. The Morgan fingerprint density at radius 3 is 2.50 bits per heavy atom. The van der Waals surface area contributed by atoms with E-state index in [1.165, 1.54) is 0 Å². The van der Waals surface area contributed by atoms with Crippen molar-refractivity contribution in [3.8, 4) is 0 Å². The molecule has 0 aromatic heterocycles. The zero-order valence-corrected chi connectivity index (χ0v) is 12.5. The first-order valence-electron chi connectivity index (χ1n) is 7.14. The van der Waals surface area contributed by atoms with Crippen molar-refractivity contribution in [1.82, 2.24) is 16.0 Å². The van der Waals surface area contributed by atoms with Crippen molar-refractivity contribution in [2.75, 3.05) is 39.9 Å². The molecule has 0 fully saturated rings. The number of carbonyl (C=O) groups excluding carboxylic acids is 2. The second kappa shape index (κ2) is 12.8. The highest BCUT2D eigenvalue weighted by Gasteiger charge is 2.16. The van der Waals surface area contributed by atoms with Crippen molar-refractivity contribution in [2.45, 2.75) is 32.2 Å². The minimum atomic E-state index is -0.794. The van der Waals surface area contributed by atoms with Crippen LogP contribution in [0.15, 0.2) is 0 Å². The molecular formula is C13H28N4O3. The van der Waals surface area contributed by atoms with Gasteiger partial charge in [0.2, 0.25) is 11.8 Å². The summed E-state index contributed by atoms with van der Waals surface area (Å²) in [6.45, 7) is 4.89. The topological polar surface area (TPSA) is 105 Å². The Kier molecular flexibility index (Phi) is 12.1. The monoisotopic (exact) mass is 288 g/mol. The van der Waals surface area contributed by atoms with Gasteiger partial charge in [-0.15, -0.1) is 0 Å². The minimum absolute atomic E-state index is 0.00548. The van der Waals surface area contributed by atoms with Crippen molar-refractivity contribution < 1.29 is 14.3 Å². The standard InChI is InChI=1S/C13H28N4O3/c1-3-4-5-17-13(19)11(14)10-12(18)16-7-9-20-8-6-15-2/h11,15H,3-10,14H2,1-2H3,(H,16,18)(H,17,19)/t11-/m1/s1. The van der Waals surface area contributed by atoms with Crippen molar-refractivity contribution >= 4 is 11.8 Å². The Labute approximate surface area is 121 Å². The fourth-order valence-electron chi connectivity index (χ4n) is 1.42. The first-order chi connectivity index (χ1) is 9.61. The van der Waals surface area contributed by atoms with E-state index in [9.17, 15) is 9.59 Å². The van der Waals surface area contributed by atoms with Crippen LogP contribution in [0, 0.1) is 0 Å². The van der Waals surface area contributed by atoms with E-state index < -0.39 is 6.04 Å². The molecule has 0 saturated heterocycles. The van der Waals surface area contributed by atoms with Crippen LogP contribution in [-0.2, 0) is 14.3 Å². The largest absolute Gasteiger partial charge is 0.378 e. The molecule has 20 heavy (non-hydrogen) atoms. The van der Waals surface area contributed by atoms with Gasteiger partial charge in [-0.1, -0.05) is 13.3 Å². The number of hydrogen-bond donors (Lipinski definition) is 4. The first kappa shape index (κ1) is 18.8. The number of ether oxygens (including phenoxy) is 1. The molecule has 0 radical (unpaired) electrons. The van der Waals surface area contributed by atoms with Crippen LogP contribution in [0.1, 0.15) is 26.2 Å². The Morgan fingerprint density at radius 1 is 1.15 bits per heavy atom. The lowest BCUT2D eigenvalue weighted by molar-refractivity contribution is -0.127. The van der Waals surface area contributed by atoms with Crippen LogP contribution in [0.4, 0.5) is 0 Å². The molecule has 0 aliphatic heterocycles. The number of rotatable bonds is 12. The zero-order chi connectivity index (χ0) is 15.2. The predicted octanol–water partition coefficient (Wildman–Crippen LogP) is -1.03. The third-order valence-corrected chi connectivity index (χ3v) is 2.64. The molecule has 118 valence electrons. The summed E-state index contributed by atoms with van der Waals surface area (Å²) in [4.78, 5) is 23.1. The van der Waals surface area contributed by atoms with E-state index in [4.69, 9.17) is 10.5 Å². The van der Waals surface area contributed by atoms with Crippen LogP contribution in [0.5, 0.6) is 0 Å². The maximum atomic E-state index is 11.6. The lowest BCUT2D eigenvalue weighted by Gasteiger charge is -2.12. The summed E-state index contributed by atoms with van der Waals surface area (Å²) in [5, 5.41) is 8.33. The number of likely N-dealkylation sites (N-methyl/N-ethyl adjacent to an activating group) is 1. The van der Waals surface area contributed by atoms with Gasteiger partial charge in [0.15, 0.2) is 0 Å². The summed E-state index contributed by atoms with van der Waals surface area (Å²) in [5.41, 5.74) is 5.66. The Balaban J connectivity index is 3.60. The van der Waals surface area contributed by atoms with Gasteiger partial charge in [0.1, 0.15) is 0 Å². The average Bonchev–Trinajstić information content (AvgIpc) is 2.42. The zero-order valence-electron chi connectivity index (χ0n) is 12.5. The second-order valence-electron chi connectivity index (χ2n) is 4.52. The summed E-state index contributed by atoms with van der Waals surface area (Å²) in [6, 6.07) is -0.794. The van der Waals surface area contributed by atoms with Gasteiger partial charge in [0.25, 0.3) is 0 Å². The molecule has 7 heteroatoms. The molecule has 1 atom stereocenters. The minimum Gasteiger partial charge on any atom is -0.378 e. The highest BCUT2D eigenvalue weighted by molar-refractivity contribution is 5.88. The van der Waals surface area contributed by atoms with E-state index in [-0.39, 0.29) is 18.2 Å². The lowest BCUT2D eigenvalue weighted by atomic mass is 10.2. The summed E-state index contributed by atoms with van der Waals surface area (Å²) >= 11 is 0.